The molecule has 134 valence electrons. The average molecular weight is 352 g/mol. The van der Waals surface area contributed by atoms with Crippen molar-refractivity contribution in [2.24, 2.45) is 7.05 Å². The Hall–Kier alpha value is -3.02. The summed E-state index contributed by atoms with van der Waals surface area (Å²) in [4.78, 5) is 14.3. The molecule has 0 aliphatic carbocycles. The fraction of sp³-hybridized carbons (Fsp3) is 0.250. The summed E-state index contributed by atoms with van der Waals surface area (Å²) < 4.78 is 15.9. The molecule has 0 radical (unpaired) electrons. The van der Waals surface area contributed by atoms with Crippen LogP contribution in [0.1, 0.15) is 6.42 Å². The molecule has 2 heterocycles. The quantitative estimate of drug-likeness (QED) is 0.755. The molecule has 2 amide bonds. The second-order valence-corrected chi connectivity index (χ2v) is 6.68. The van der Waals surface area contributed by atoms with E-state index in [0.717, 1.165) is 29.6 Å². The lowest BCUT2D eigenvalue weighted by atomic mass is 10.2. The molecule has 2 N–H and O–H groups in total. The lowest BCUT2D eigenvalue weighted by molar-refractivity contribution is 0.249. The minimum atomic E-state index is -0.237. The van der Waals surface area contributed by atoms with Crippen LogP contribution in [0.3, 0.4) is 0 Å². The number of hydrogen-bond acceptors (Lipinski definition) is 2. The topological polar surface area (TPSA) is 49.3 Å². The summed E-state index contributed by atoms with van der Waals surface area (Å²) >= 11 is 0. The monoisotopic (exact) mass is 352 g/mol. The summed E-state index contributed by atoms with van der Waals surface area (Å²) in [6.07, 6.45) is 2.78. The molecule has 4 rings (SSSR count). The summed E-state index contributed by atoms with van der Waals surface area (Å²) in [5.41, 5.74) is 2.40. The molecule has 6 heteroatoms. The first-order valence-electron chi connectivity index (χ1n) is 8.72. The maximum Gasteiger partial charge on any atom is 0.319 e. The highest BCUT2D eigenvalue weighted by Crippen LogP contribution is 2.23. The SMILES string of the molecule is Cn1ccc2ccc(NC(=O)NC3CCN(c4ccccc4F)C3)cc21. The zero-order valence-corrected chi connectivity index (χ0v) is 14.6. The van der Waals surface area contributed by atoms with Crippen LogP contribution in [-0.4, -0.2) is 29.7 Å². The average Bonchev–Trinajstić information content (AvgIpc) is 3.22. The highest BCUT2D eigenvalue weighted by Gasteiger charge is 2.25. The van der Waals surface area contributed by atoms with Gasteiger partial charge in [0.1, 0.15) is 5.82 Å². The molecule has 3 aromatic rings. The Morgan fingerprint density at radius 3 is 2.88 bits per heavy atom. The van der Waals surface area contributed by atoms with Crippen molar-refractivity contribution in [2.75, 3.05) is 23.3 Å². The van der Waals surface area contributed by atoms with E-state index in [1.54, 1.807) is 12.1 Å². The van der Waals surface area contributed by atoms with Crippen molar-refractivity contribution in [3.63, 3.8) is 0 Å². The molecule has 1 fully saturated rings. The van der Waals surface area contributed by atoms with Crippen LogP contribution in [0.2, 0.25) is 0 Å². The van der Waals surface area contributed by atoms with Crippen LogP contribution >= 0.6 is 0 Å². The van der Waals surface area contributed by atoms with Crippen LogP contribution in [0.25, 0.3) is 10.9 Å². The van der Waals surface area contributed by atoms with Gasteiger partial charge in [0, 0.05) is 43.6 Å². The molecule has 1 aliphatic rings. The molecule has 26 heavy (non-hydrogen) atoms. The van der Waals surface area contributed by atoms with Gasteiger partial charge in [-0.15, -0.1) is 0 Å². The van der Waals surface area contributed by atoms with Gasteiger partial charge in [0.2, 0.25) is 0 Å². The Labute approximate surface area is 151 Å². The standard InChI is InChI=1S/C20H21FN4O/c1-24-10-8-14-6-7-15(12-19(14)24)22-20(26)23-16-9-11-25(13-16)18-5-3-2-4-17(18)21/h2-8,10,12,16H,9,11,13H2,1H3,(H2,22,23,26). The van der Waals surface area contributed by atoms with Crippen molar-refractivity contribution < 1.29 is 9.18 Å². The van der Waals surface area contributed by atoms with Crippen LogP contribution in [0.5, 0.6) is 0 Å². The van der Waals surface area contributed by atoms with Gasteiger partial charge in [-0.25, -0.2) is 9.18 Å². The highest BCUT2D eigenvalue weighted by molar-refractivity contribution is 5.93. The summed E-state index contributed by atoms with van der Waals surface area (Å²) in [5.74, 6) is -0.228. The first-order chi connectivity index (χ1) is 12.6. The molecule has 5 nitrogen and oxygen atoms in total. The van der Waals surface area contributed by atoms with E-state index in [1.165, 1.54) is 6.07 Å². The highest BCUT2D eigenvalue weighted by atomic mass is 19.1. The van der Waals surface area contributed by atoms with Crippen molar-refractivity contribution in [1.82, 2.24) is 9.88 Å². The Kier molecular flexibility index (Phi) is 4.24. The van der Waals surface area contributed by atoms with Gasteiger partial charge >= 0.3 is 6.03 Å². The van der Waals surface area contributed by atoms with E-state index in [-0.39, 0.29) is 17.9 Å². The molecule has 1 atom stereocenters. The number of aromatic nitrogens is 1. The third-order valence-electron chi connectivity index (χ3n) is 4.86. The van der Waals surface area contributed by atoms with Crippen molar-refractivity contribution in [1.29, 1.82) is 0 Å². The lowest BCUT2D eigenvalue weighted by Crippen LogP contribution is -2.39. The Morgan fingerprint density at radius 1 is 1.19 bits per heavy atom. The molecule has 0 spiro atoms. The summed E-state index contributed by atoms with van der Waals surface area (Å²) in [6, 6.07) is 14.4. The second-order valence-electron chi connectivity index (χ2n) is 6.68. The third-order valence-corrected chi connectivity index (χ3v) is 4.86. The lowest BCUT2D eigenvalue weighted by Gasteiger charge is -2.19. The number of nitrogens with zero attached hydrogens (tertiary/aromatic N) is 2. The van der Waals surface area contributed by atoms with Gasteiger partial charge in [-0.3, -0.25) is 0 Å². The number of carbonyl (C=O) groups excluding carboxylic acids is 1. The van der Waals surface area contributed by atoms with Gasteiger partial charge < -0.3 is 20.1 Å². The van der Waals surface area contributed by atoms with E-state index in [1.807, 2.05) is 53.0 Å². The summed E-state index contributed by atoms with van der Waals surface area (Å²) in [7, 11) is 1.97. The second kappa shape index (κ2) is 6.71. The molecule has 2 aromatic carbocycles. The number of para-hydroxylation sites is 1. The molecular weight excluding hydrogens is 331 g/mol. The maximum atomic E-state index is 13.9. The molecule has 1 unspecified atom stereocenters. The fourth-order valence-electron chi connectivity index (χ4n) is 3.50. The van der Waals surface area contributed by atoms with Crippen LogP contribution in [0.15, 0.2) is 54.7 Å². The van der Waals surface area contributed by atoms with E-state index in [0.29, 0.717) is 12.2 Å². The number of aryl methyl sites for hydroxylation is 1. The van der Waals surface area contributed by atoms with E-state index in [2.05, 4.69) is 10.6 Å². The first kappa shape index (κ1) is 16.4. The normalized spacial score (nSPS) is 16.8. The summed E-state index contributed by atoms with van der Waals surface area (Å²) in [6.45, 7) is 1.33. The van der Waals surface area contributed by atoms with Crippen LogP contribution in [-0.2, 0) is 7.05 Å². The van der Waals surface area contributed by atoms with E-state index >= 15 is 0 Å². The van der Waals surface area contributed by atoms with Gasteiger partial charge in [0.15, 0.2) is 0 Å². The number of nitrogens with one attached hydrogen (secondary N) is 2. The predicted molar refractivity (Wildman–Crippen MR) is 102 cm³/mol. The van der Waals surface area contributed by atoms with Crippen LogP contribution < -0.4 is 15.5 Å². The molecule has 1 aliphatic heterocycles. The van der Waals surface area contributed by atoms with E-state index in [4.69, 9.17) is 0 Å². The molecular formula is C20H21FN4O. The first-order valence-corrected chi connectivity index (χ1v) is 8.72. The number of fused-ring (bicyclic) bond motifs is 1. The number of benzene rings is 2. The maximum absolute atomic E-state index is 13.9. The number of rotatable bonds is 3. The zero-order valence-electron chi connectivity index (χ0n) is 14.6. The number of hydrogen-bond donors (Lipinski definition) is 2. The van der Waals surface area contributed by atoms with Crippen molar-refractivity contribution in [2.45, 2.75) is 12.5 Å². The molecule has 1 saturated heterocycles. The smallest absolute Gasteiger partial charge is 0.319 e. The number of anilines is 2. The minimum Gasteiger partial charge on any atom is -0.367 e. The third kappa shape index (κ3) is 3.22. The van der Waals surface area contributed by atoms with Crippen molar-refractivity contribution in [3.8, 4) is 0 Å². The molecule has 0 saturated carbocycles. The van der Waals surface area contributed by atoms with Gasteiger partial charge in [0.25, 0.3) is 0 Å². The molecule has 0 bridgehead atoms. The minimum absolute atomic E-state index is 0.00614. The predicted octanol–water partition coefficient (Wildman–Crippen LogP) is 3.72. The number of urea groups is 1. The Balaban J connectivity index is 1.37. The van der Waals surface area contributed by atoms with Crippen LogP contribution in [0.4, 0.5) is 20.6 Å². The van der Waals surface area contributed by atoms with Crippen molar-refractivity contribution >= 4 is 28.3 Å². The fourth-order valence-corrected chi connectivity index (χ4v) is 3.50. The van der Waals surface area contributed by atoms with Crippen LogP contribution in [0, 0.1) is 5.82 Å². The zero-order chi connectivity index (χ0) is 18.1. The number of halogens is 1. The summed E-state index contributed by atoms with van der Waals surface area (Å²) in [5, 5.41) is 7.00. The number of amides is 2. The van der Waals surface area contributed by atoms with E-state index < -0.39 is 0 Å². The Morgan fingerprint density at radius 2 is 2.04 bits per heavy atom. The van der Waals surface area contributed by atoms with Gasteiger partial charge in [-0.05, 0) is 42.1 Å². The van der Waals surface area contributed by atoms with E-state index in [9.17, 15) is 9.18 Å². The van der Waals surface area contributed by atoms with Gasteiger partial charge in [-0.1, -0.05) is 18.2 Å². The van der Waals surface area contributed by atoms with Crippen molar-refractivity contribution in [3.05, 3.63) is 60.5 Å². The molecule has 1 aromatic heterocycles. The number of carbonyl (C=O) groups is 1. The Bertz CT molecular complexity index is 952. The van der Waals surface area contributed by atoms with Gasteiger partial charge in [0.05, 0.1) is 5.69 Å². The largest absolute Gasteiger partial charge is 0.367 e. The van der Waals surface area contributed by atoms with Gasteiger partial charge in [-0.2, -0.15) is 0 Å².